The van der Waals surface area contributed by atoms with Gasteiger partial charge in [0.1, 0.15) is 5.78 Å². The van der Waals surface area contributed by atoms with Crippen LogP contribution in [0.3, 0.4) is 0 Å². The van der Waals surface area contributed by atoms with Crippen molar-refractivity contribution in [3.63, 3.8) is 0 Å². The highest BCUT2D eigenvalue weighted by Crippen LogP contribution is 2.53. The standard InChI is InChI=1S/C21H24N2O2S/c1-13(24)18-11-16(21(18,2)3)12-19(25)23-20(26)22-17-9-8-14-6-4-5-7-15(14)10-17/h4-10,16,18H,11-12H2,1-3H3,(H2,22,23,25,26). The van der Waals surface area contributed by atoms with Gasteiger partial charge in [-0.05, 0) is 59.8 Å². The lowest BCUT2D eigenvalue weighted by molar-refractivity contribution is -0.140. The molecular weight excluding hydrogens is 344 g/mol. The zero-order valence-electron chi connectivity index (χ0n) is 15.3. The topological polar surface area (TPSA) is 58.2 Å². The van der Waals surface area contributed by atoms with E-state index in [1.54, 1.807) is 6.92 Å². The number of hydrogen-bond acceptors (Lipinski definition) is 3. The van der Waals surface area contributed by atoms with Crippen molar-refractivity contribution in [3.8, 4) is 0 Å². The molecule has 0 radical (unpaired) electrons. The fourth-order valence-electron chi connectivity index (χ4n) is 3.88. The van der Waals surface area contributed by atoms with Crippen molar-refractivity contribution >= 4 is 45.5 Å². The van der Waals surface area contributed by atoms with Crippen LogP contribution in [-0.4, -0.2) is 16.8 Å². The third-order valence-electron chi connectivity index (χ3n) is 5.65. The number of carbonyl (C=O) groups excluding carboxylic acids is 2. The molecule has 0 aromatic heterocycles. The predicted molar refractivity (Wildman–Crippen MR) is 109 cm³/mol. The van der Waals surface area contributed by atoms with E-state index in [0.717, 1.165) is 22.9 Å². The third-order valence-corrected chi connectivity index (χ3v) is 5.86. The van der Waals surface area contributed by atoms with Crippen molar-refractivity contribution in [3.05, 3.63) is 42.5 Å². The first-order valence-electron chi connectivity index (χ1n) is 8.87. The minimum absolute atomic E-state index is 0.0583. The van der Waals surface area contributed by atoms with E-state index >= 15 is 0 Å². The van der Waals surface area contributed by atoms with Crippen LogP contribution in [0.5, 0.6) is 0 Å². The second-order valence-corrected chi connectivity index (χ2v) is 8.09. The molecule has 0 aliphatic heterocycles. The Morgan fingerprint density at radius 2 is 1.85 bits per heavy atom. The fourth-order valence-corrected chi connectivity index (χ4v) is 4.11. The lowest BCUT2D eigenvalue weighted by Crippen LogP contribution is -2.50. The molecule has 0 heterocycles. The first-order valence-corrected chi connectivity index (χ1v) is 9.28. The maximum Gasteiger partial charge on any atom is 0.226 e. The molecule has 2 atom stereocenters. The van der Waals surface area contributed by atoms with Crippen molar-refractivity contribution in [2.75, 3.05) is 5.32 Å². The van der Waals surface area contributed by atoms with E-state index in [4.69, 9.17) is 12.2 Å². The molecule has 2 unspecified atom stereocenters. The number of nitrogens with one attached hydrogen (secondary N) is 2. The maximum absolute atomic E-state index is 12.3. The second-order valence-electron chi connectivity index (χ2n) is 7.69. The van der Waals surface area contributed by atoms with Crippen molar-refractivity contribution in [1.29, 1.82) is 0 Å². The molecule has 2 N–H and O–H groups in total. The first kappa shape index (κ1) is 18.5. The normalized spacial score (nSPS) is 20.9. The summed E-state index contributed by atoms with van der Waals surface area (Å²) in [6, 6.07) is 14.0. The second kappa shape index (κ2) is 7.16. The summed E-state index contributed by atoms with van der Waals surface area (Å²) in [7, 11) is 0. The van der Waals surface area contributed by atoms with Crippen molar-refractivity contribution in [2.45, 2.75) is 33.6 Å². The molecular formula is C21H24N2O2S. The molecule has 136 valence electrons. The highest BCUT2D eigenvalue weighted by atomic mass is 32.1. The Kier molecular flexibility index (Phi) is 5.10. The van der Waals surface area contributed by atoms with Gasteiger partial charge in [-0.3, -0.25) is 9.59 Å². The number of fused-ring (bicyclic) bond motifs is 1. The summed E-state index contributed by atoms with van der Waals surface area (Å²) in [4.78, 5) is 23.9. The van der Waals surface area contributed by atoms with Gasteiger partial charge in [-0.2, -0.15) is 0 Å². The van der Waals surface area contributed by atoms with E-state index in [0.29, 0.717) is 11.5 Å². The maximum atomic E-state index is 12.3. The SMILES string of the molecule is CC(=O)C1CC(CC(=O)NC(=S)Nc2ccc3ccccc3c2)C1(C)C. The van der Waals surface area contributed by atoms with E-state index in [-0.39, 0.29) is 28.9 Å². The first-order chi connectivity index (χ1) is 12.3. The lowest BCUT2D eigenvalue weighted by Gasteiger charge is -2.51. The molecule has 1 fully saturated rings. The van der Waals surface area contributed by atoms with Gasteiger partial charge in [-0.15, -0.1) is 0 Å². The van der Waals surface area contributed by atoms with Crippen LogP contribution in [0.25, 0.3) is 10.8 Å². The zero-order valence-corrected chi connectivity index (χ0v) is 16.2. The van der Waals surface area contributed by atoms with Crippen LogP contribution in [0.4, 0.5) is 5.69 Å². The van der Waals surface area contributed by atoms with Crippen molar-refractivity contribution in [2.24, 2.45) is 17.3 Å². The van der Waals surface area contributed by atoms with Gasteiger partial charge >= 0.3 is 0 Å². The Bertz CT molecular complexity index is 875. The van der Waals surface area contributed by atoms with Crippen molar-refractivity contribution < 1.29 is 9.59 Å². The van der Waals surface area contributed by atoms with Gasteiger partial charge in [-0.1, -0.05) is 44.2 Å². The van der Waals surface area contributed by atoms with Gasteiger partial charge < -0.3 is 10.6 Å². The number of hydrogen-bond donors (Lipinski definition) is 2. The minimum atomic E-state index is -0.128. The van der Waals surface area contributed by atoms with Crippen molar-refractivity contribution in [1.82, 2.24) is 5.32 Å². The van der Waals surface area contributed by atoms with Gasteiger partial charge in [0, 0.05) is 18.0 Å². The summed E-state index contributed by atoms with van der Waals surface area (Å²) in [6.07, 6.45) is 1.16. The van der Waals surface area contributed by atoms with Gasteiger partial charge in [0.25, 0.3) is 0 Å². The Morgan fingerprint density at radius 3 is 2.50 bits per heavy atom. The smallest absolute Gasteiger partial charge is 0.226 e. The van der Waals surface area contributed by atoms with E-state index < -0.39 is 0 Å². The van der Waals surface area contributed by atoms with E-state index in [1.165, 1.54) is 0 Å². The summed E-state index contributed by atoms with van der Waals surface area (Å²) >= 11 is 5.27. The van der Waals surface area contributed by atoms with Gasteiger partial charge in [-0.25, -0.2) is 0 Å². The molecule has 3 rings (SSSR count). The molecule has 1 amide bonds. The number of Topliss-reactive ketones (excluding diaryl/α,β-unsaturated/α-hetero) is 1. The summed E-state index contributed by atoms with van der Waals surface area (Å²) in [6.45, 7) is 5.75. The molecule has 0 saturated heterocycles. The van der Waals surface area contributed by atoms with Crippen LogP contribution >= 0.6 is 12.2 Å². The summed E-state index contributed by atoms with van der Waals surface area (Å²) in [5, 5.41) is 8.38. The van der Waals surface area contributed by atoms with Crippen LogP contribution < -0.4 is 10.6 Å². The molecule has 0 bridgehead atoms. The average molecular weight is 369 g/mol. The molecule has 2 aromatic rings. The number of ketones is 1. The Balaban J connectivity index is 1.54. The van der Waals surface area contributed by atoms with Crippen LogP contribution in [0.15, 0.2) is 42.5 Å². The minimum Gasteiger partial charge on any atom is -0.332 e. The molecule has 1 aliphatic rings. The third kappa shape index (κ3) is 3.78. The molecule has 4 nitrogen and oxygen atoms in total. The summed E-state index contributed by atoms with van der Waals surface area (Å²) < 4.78 is 0. The van der Waals surface area contributed by atoms with Gasteiger partial charge in [0.2, 0.25) is 5.91 Å². The number of anilines is 1. The molecule has 5 heteroatoms. The zero-order chi connectivity index (χ0) is 18.9. The molecule has 0 spiro atoms. The van der Waals surface area contributed by atoms with Crippen LogP contribution in [0, 0.1) is 17.3 Å². The van der Waals surface area contributed by atoms with Gasteiger partial charge in [0.15, 0.2) is 5.11 Å². The largest absolute Gasteiger partial charge is 0.332 e. The van der Waals surface area contributed by atoms with Crippen LogP contribution in [0.2, 0.25) is 0 Å². The molecule has 2 aromatic carbocycles. The molecule has 26 heavy (non-hydrogen) atoms. The van der Waals surface area contributed by atoms with E-state index in [9.17, 15) is 9.59 Å². The monoisotopic (exact) mass is 368 g/mol. The number of benzene rings is 2. The number of rotatable bonds is 4. The average Bonchev–Trinajstić information content (AvgIpc) is 2.57. The Labute approximate surface area is 159 Å². The quantitative estimate of drug-likeness (QED) is 0.790. The number of amides is 1. The number of carbonyl (C=O) groups is 2. The van der Waals surface area contributed by atoms with E-state index in [2.05, 4.69) is 24.5 Å². The summed E-state index contributed by atoms with van der Waals surface area (Å²) in [5.74, 6) is 0.367. The fraction of sp³-hybridized carbons (Fsp3) is 0.381. The highest BCUT2D eigenvalue weighted by molar-refractivity contribution is 7.80. The Hall–Kier alpha value is -2.27. The van der Waals surface area contributed by atoms with Gasteiger partial charge in [0.05, 0.1) is 0 Å². The highest BCUT2D eigenvalue weighted by Gasteiger charge is 2.50. The predicted octanol–water partition coefficient (Wildman–Crippen LogP) is 4.29. The van der Waals surface area contributed by atoms with E-state index in [1.807, 2.05) is 42.5 Å². The van der Waals surface area contributed by atoms with Crippen LogP contribution in [-0.2, 0) is 9.59 Å². The Morgan fingerprint density at radius 1 is 1.15 bits per heavy atom. The molecule has 1 aliphatic carbocycles. The summed E-state index contributed by atoms with van der Waals surface area (Å²) in [5.41, 5.74) is 0.714. The number of thiocarbonyl (C=S) groups is 1. The lowest BCUT2D eigenvalue weighted by atomic mass is 9.52. The molecule has 1 saturated carbocycles. The van der Waals surface area contributed by atoms with Crippen LogP contribution in [0.1, 0.15) is 33.6 Å².